The molecule has 0 amide bonds. The van der Waals surface area contributed by atoms with Crippen LogP contribution >= 0.6 is 0 Å². The summed E-state index contributed by atoms with van der Waals surface area (Å²) in [7, 11) is 0. The van der Waals surface area contributed by atoms with E-state index in [4.69, 9.17) is 14.4 Å². The molecule has 4 aliphatic carbocycles. The second-order valence-corrected chi connectivity index (χ2v) is 13.2. The van der Waals surface area contributed by atoms with E-state index < -0.39 is 0 Å². The minimum absolute atomic E-state index is 0.131. The van der Waals surface area contributed by atoms with Gasteiger partial charge < -0.3 is 4.42 Å². The van der Waals surface area contributed by atoms with Crippen molar-refractivity contribution >= 4 is 11.1 Å². The van der Waals surface area contributed by atoms with Gasteiger partial charge in [-0.3, -0.25) is 0 Å². The molecular formula is C39H33N3O. The van der Waals surface area contributed by atoms with Crippen molar-refractivity contribution in [1.29, 1.82) is 0 Å². The Balaban J connectivity index is 1.15. The van der Waals surface area contributed by atoms with Crippen LogP contribution in [0.5, 0.6) is 0 Å². The van der Waals surface area contributed by atoms with Crippen LogP contribution in [0.3, 0.4) is 0 Å². The molecule has 10 rings (SSSR count). The van der Waals surface area contributed by atoms with Gasteiger partial charge in [0.15, 0.2) is 12.0 Å². The number of nitrogens with zero attached hydrogens (tertiary/aromatic N) is 3. The summed E-state index contributed by atoms with van der Waals surface area (Å²) >= 11 is 0. The average Bonchev–Trinajstić information content (AvgIpc) is 3.52. The minimum atomic E-state index is 0.131. The number of hydrogen-bond acceptors (Lipinski definition) is 4. The molecule has 0 unspecified atom stereocenters. The maximum Gasteiger partial charge on any atom is 0.181 e. The fourth-order valence-electron chi connectivity index (χ4n) is 8.79. The second-order valence-electron chi connectivity index (χ2n) is 13.2. The fourth-order valence-corrected chi connectivity index (χ4v) is 8.79. The topological polar surface area (TPSA) is 51.8 Å². The molecule has 4 nitrogen and oxygen atoms in total. The van der Waals surface area contributed by atoms with Gasteiger partial charge in [0.1, 0.15) is 11.3 Å². The summed E-state index contributed by atoms with van der Waals surface area (Å²) in [6.07, 6.45) is 9.52. The van der Waals surface area contributed by atoms with Gasteiger partial charge in [-0.1, -0.05) is 84.9 Å². The van der Waals surface area contributed by atoms with Gasteiger partial charge >= 0.3 is 0 Å². The molecule has 4 heteroatoms. The molecule has 0 radical (unpaired) electrons. The fraction of sp³-hybridized carbons (Fsp3) is 0.256. The molecule has 4 bridgehead atoms. The van der Waals surface area contributed by atoms with Crippen LogP contribution in [0, 0.1) is 17.8 Å². The van der Waals surface area contributed by atoms with Crippen LogP contribution in [0.4, 0.5) is 0 Å². The molecular weight excluding hydrogens is 526 g/mol. The van der Waals surface area contributed by atoms with Crippen LogP contribution in [-0.2, 0) is 5.41 Å². The molecule has 210 valence electrons. The average molecular weight is 560 g/mol. The zero-order valence-corrected chi connectivity index (χ0v) is 24.1. The molecule has 43 heavy (non-hydrogen) atoms. The predicted octanol–water partition coefficient (Wildman–Crippen LogP) is 9.75. The lowest BCUT2D eigenvalue weighted by Crippen LogP contribution is -2.49. The van der Waals surface area contributed by atoms with Crippen molar-refractivity contribution in [3.8, 4) is 44.8 Å². The Labute approximate surface area is 251 Å². The quantitative estimate of drug-likeness (QED) is 0.211. The van der Waals surface area contributed by atoms with E-state index in [0.717, 1.165) is 79.4 Å². The largest absolute Gasteiger partial charge is 0.443 e. The highest BCUT2D eigenvalue weighted by Crippen LogP contribution is 2.60. The molecule has 0 spiro atoms. The highest BCUT2D eigenvalue weighted by atomic mass is 16.3. The van der Waals surface area contributed by atoms with Crippen LogP contribution in [0.2, 0.25) is 0 Å². The van der Waals surface area contributed by atoms with E-state index in [1.807, 2.05) is 6.07 Å². The van der Waals surface area contributed by atoms with Crippen LogP contribution in [-0.4, -0.2) is 15.0 Å². The molecule has 4 aliphatic rings. The van der Waals surface area contributed by atoms with Crippen molar-refractivity contribution in [1.82, 2.24) is 15.0 Å². The number of oxazole rings is 1. The van der Waals surface area contributed by atoms with Crippen molar-refractivity contribution in [3.63, 3.8) is 0 Å². The first-order valence-electron chi connectivity index (χ1n) is 15.7. The lowest BCUT2D eigenvalue weighted by atomic mass is 9.49. The highest BCUT2D eigenvalue weighted by Gasteiger charge is 2.53. The van der Waals surface area contributed by atoms with Crippen molar-refractivity contribution in [2.24, 2.45) is 17.8 Å². The van der Waals surface area contributed by atoms with Gasteiger partial charge in [-0.15, -0.1) is 0 Å². The monoisotopic (exact) mass is 559 g/mol. The molecule has 6 aromatic rings. The Kier molecular flexibility index (Phi) is 5.65. The number of aromatic nitrogens is 3. The molecule has 4 saturated carbocycles. The summed E-state index contributed by atoms with van der Waals surface area (Å²) in [6, 6.07) is 36.4. The molecule has 0 saturated heterocycles. The molecule has 4 aromatic carbocycles. The van der Waals surface area contributed by atoms with Gasteiger partial charge in [-0.2, -0.15) is 0 Å². The Morgan fingerprint density at radius 3 is 1.70 bits per heavy atom. The number of rotatable bonds is 5. The van der Waals surface area contributed by atoms with Crippen molar-refractivity contribution < 1.29 is 4.42 Å². The standard InChI is InChI=1S/C39H33N3O/c1-3-7-28(8-4-1)33-19-37-36(40-24-43-37)18-32(33)29-11-13-31(14-12-29)35-20-34(30-9-5-2-6-10-30)41-38(42-35)39-21-25-15-26(22-39)17-27(16-25)23-39/h1-14,18-20,24-27H,15-17,21-23H2. The summed E-state index contributed by atoms with van der Waals surface area (Å²) in [5, 5.41) is 0. The van der Waals surface area contributed by atoms with Crippen LogP contribution in [0.15, 0.2) is 114 Å². The van der Waals surface area contributed by atoms with Gasteiger partial charge in [0.25, 0.3) is 0 Å². The lowest BCUT2D eigenvalue weighted by Gasteiger charge is -2.56. The third kappa shape index (κ3) is 4.31. The molecule has 0 aliphatic heterocycles. The first-order valence-corrected chi connectivity index (χ1v) is 15.7. The van der Waals surface area contributed by atoms with Crippen LogP contribution in [0.25, 0.3) is 55.9 Å². The van der Waals surface area contributed by atoms with E-state index in [-0.39, 0.29) is 5.41 Å². The van der Waals surface area contributed by atoms with E-state index in [9.17, 15) is 0 Å². The van der Waals surface area contributed by atoms with E-state index in [1.54, 1.807) is 0 Å². The Morgan fingerprint density at radius 2 is 1.07 bits per heavy atom. The Hall–Kier alpha value is -4.57. The van der Waals surface area contributed by atoms with Crippen molar-refractivity contribution in [3.05, 3.63) is 115 Å². The second kappa shape index (κ2) is 9.74. The SMILES string of the molecule is c1ccc(-c2cc(-c3ccc(-c4cc5ncoc5cc4-c4ccccc4)cc3)nc(C34CC5CC(CC(C5)C3)C4)n2)cc1. The molecule has 2 aromatic heterocycles. The maximum atomic E-state index is 5.67. The number of fused-ring (bicyclic) bond motifs is 1. The molecule has 0 N–H and O–H groups in total. The van der Waals surface area contributed by atoms with Gasteiger partial charge in [-0.05, 0) is 96.7 Å². The molecule has 0 atom stereocenters. The first kappa shape index (κ1) is 25.0. The van der Waals surface area contributed by atoms with Gasteiger partial charge in [0.05, 0.1) is 11.4 Å². The Morgan fingerprint density at radius 1 is 0.558 bits per heavy atom. The van der Waals surface area contributed by atoms with Gasteiger partial charge in [0, 0.05) is 16.5 Å². The zero-order chi connectivity index (χ0) is 28.4. The normalized spacial score (nSPS) is 24.0. The predicted molar refractivity (Wildman–Crippen MR) is 171 cm³/mol. The third-order valence-corrected chi connectivity index (χ3v) is 10.4. The third-order valence-electron chi connectivity index (χ3n) is 10.4. The summed E-state index contributed by atoms with van der Waals surface area (Å²) in [6.45, 7) is 0. The minimum Gasteiger partial charge on any atom is -0.443 e. The summed E-state index contributed by atoms with van der Waals surface area (Å²) in [4.78, 5) is 15.2. The zero-order valence-electron chi connectivity index (χ0n) is 24.1. The number of benzene rings is 4. The van der Waals surface area contributed by atoms with E-state index in [2.05, 4.69) is 102 Å². The summed E-state index contributed by atoms with van der Waals surface area (Å²) in [5.41, 5.74) is 10.7. The van der Waals surface area contributed by atoms with E-state index in [0.29, 0.717) is 0 Å². The lowest BCUT2D eigenvalue weighted by molar-refractivity contribution is -0.00929. The number of hydrogen-bond donors (Lipinski definition) is 0. The highest BCUT2D eigenvalue weighted by molar-refractivity contribution is 5.93. The smallest absolute Gasteiger partial charge is 0.181 e. The van der Waals surface area contributed by atoms with E-state index in [1.165, 1.54) is 44.9 Å². The van der Waals surface area contributed by atoms with E-state index >= 15 is 0 Å². The Bertz CT molecular complexity index is 1910. The van der Waals surface area contributed by atoms with Gasteiger partial charge in [-0.25, -0.2) is 15.0 Å². The molecule has 2 heterocycles. The van der Waals surface area contributed by atoms with Crippen LogP contribution < -0.4 is 0 Å². The maximum absolute atomic E-state index is 5.67. The first-order chi connectivity index (χ1) is 21.2. The van der Waals surface area contributed by atoms with Gasteiger partial charge in [0.2, 0.25) is 0 Å². The van der Waals surface area contributed by atoms with Crippen molar-refractivity contribution in [2.45, 2.75) is 43.9 Å². The van der Waals surface area contributed by atoms with Crippen LogP contribution in [0.1, 0.15) is 44.3 Å². The summed E-state index contributed by atoms with van der Waals surface area (Å²) in [5.74, 6) is 3.62. The summed E-state index contributed by atoms with van der Waals surface area (Å²) < 4.78 is 5.67. The van der Waals surface area contributed by atoms with Crippen molar-refractivity contribution in [2.75, 3.05) is 0 Å². The molecule has 4 fully saturated rings.